The van der Waals surface area contributed by atoms with Crippen molar-refractivity contribution in [2.24, 2.45) is 4.99 Å². The normalized spacial score (nSPS) is 11.4. The summed E-state index contributed by atoms with van der Waals surface area (Å²) in [5.74, 6) is 0. The number of hydrogen-bond donors (Lipinski definition) is 2. The summed E-state index contributed by atoms with van der Waals surface area (Å²) in [6.45, 7) is 3.68. The molecule has 0 saturated heterocycles. The lowest BCUT2D eigenvalue weighted by molar-refractivity contribution is 1.08. The van der Waals surface area contributed by atoms with Gasteiger partial charge in [-0.2, -0.15) is 0 Å². The van der Waals surface area contributed by atoms with Crippen molar-refractivity contribution in [1.82, 2.24) is 9.97 Å². The summed E-state index contributed by atoms with van der Waals surface area (Å²) in [5, 5.41) is 0.436. The number of benzene rings is 1. The van der Waals surface area contributed by atoms with Gasteiger partial charge in [0.2, 0.25) is 0 Å². The Morgan fingerprint density at radius 2 is 2.00 bits per heavy atom. The van der Waals surface area contributed by atoms with Gasteiger partial charge in [0, 0.05) is 6.21 Å². The van der Waals surface area contributed by atoms with Crippen molar-refractivity contribution >= 4 is 22.8 Å². The molecular weight excluding hydrogens is 206 g/mol. The summed E-state index contributed by atoms with van der Waals surface area (Å²) in [5.41, 5.74) is 1.27. The molecule has 82 valence electrons. The molecule has 0 spiro atoms. The number of rotatable bonds is 1. The van der Waals surface area contributed by atoms with Gasteiger partial charge in [0.05, 0.1) is 16.6 Å². The first-order valence-electron chi connectivity index (χ1n) is 4.87. The van der Waals surface area contributed by atoms with E-state index in [0.717, 1.165) is 11.3 Å². The zero-order valence-electron chi connectivity index (χ0n) is 9.00. The smallest absolute Gasteiger partial charge is 0.307 e. The molecule has 5 nitrogen and oxygen atoms in total. The van der Waals surface area contributed by atoms with E-state index in [-0.39, 0.29) is 0 Å². The average molecular weight is 217 g/mol. The third kappa shape index (κ3) is 1.67. The van der Waals surface area contributed by atoms with Crippen LogP contribution in [-0.2, 0) is 0 Å². The van der Waals surface area contributed by atoms with E-state index in [1.54, 1.807) is 25.3 Å². The minimum atomic E-state index is -0.497. The number of nitrogens with zero attached hydrogens (tertiary/aromatic N) is 1. The van der Waals surface area contributed by atoms with Gasteiger partial charge in [-0.3, -0.25) is 14.8 Å². The molecule has 0 unspecified atom stereocenters. The lowest BCUT2D eigenvalue weighted by Gasteiger charge is -2.02. The van der Waals surface area contributed by atoms with Gasteiger partial charge >= 0.3 is 5.69 Å². The zero-order chi connectivity index (χ0) is 11.7. The Kier molecular flexibility index (Phi) is 2.44. The van der Waals surface area contributed by atoms with Crippen molar-refractivity contribution in [3.8, 4) is 0 Å². The maximum Gasteiger partial charge on any atom is 0.326 e. The molecule has 0 bridgehead atoms. The predicted molar refractivity (Wildman–Crippen MR) is 63.8 cm³/mol. The first kappa shape index (κ1) is 10.4. The van der Waals surface area contributed by atoms with Crippen molar-refractivity contribution in [3.05, 3.63) is 38.5 Å². The molecule has 2 aromatic rings. The van der Waals surface area contributed by atoms with E-state index in [2.05, 4.69) is 15.0 Å². The largest absolute Gasteiger partial charge is 0.326 e. The summed E-state index contributed by atoms with van der Waals surface area (Å²) in [6, 6.07) is 3.41. The lowest BCUT2D eigenvalue weighted by Crippen LogP contribution is -2.21. The Hall–Kier alpha value is -2.17. The highest BCUT2D eigenvalue weighted by Gasteiger charge is 2.04. The summed E-state index contributed by atoms with van der Waals surface area (Å²) in [7, 11) is 0. The van der Waals surface area contributed by atoms with Crippen LogP contribution in [0.5, 0.6) is 0 Å². The monoisotopic (exact) mass is 217 g/mol. The maximum absolute atomic E-state index is 11.5. The van der Waals surface area contributed by atoms with Crippen LogP contribution in [0.25, 0.3) is 10.9 Å². The number of fused-ring (bicyclic) bond motifs is 1. The average Bonchev–Trinajstić information content (AvgIpc) is 2.20. The SMILES string of the molecule is CC=Nc1cc2c(=O)[nH]c(=O)[nH]c2cc1C. The molecule has 0 aliphatic heterocycles. The van der Waals surface area contributed by atoms with Crippen LogP contribution in [0.15, 0.2) is 26.7 Å². The van der Waals surface area contributed by atoms with Crippen molar-refractivity contribution in [2.75, 3.05) is 0 Å². The van der Waals surface area contributed by atoms with Crippen LogP contribution in [0.1, 0.15) is 12.5 Å². The van der Waals surface area contributed by atoms with Crippen LogP contribution in [0.3, 0.4) is 0 Å². The molecule has 1 aromatic carbocycles. The molecule has 0 saturated carbocycles. The first-order chi connectivity index (χ1) is 7.61. The van der Waals surface area contributed by atoms with Gasteiger partial charge in [-0.05, 0) is 31.5 Å². The van der Waals surface area contributed by atoms with E-state index in [1.165, 1.54) is 0 Å². The number of aliphatic imine (C=N–C) groups is 1. The highest BCUT2D eigenvalue weighted by molar-refractivity contribution is 5.83. The minimum absolute atomic E-state index is 0.397. The number of nitrogens with one attached hydrogen (secondary N) is 2. The Morgan fingerprint density at radius 1 is 1.25 bits per heavy atom. The minimum Gasteiger partial charge on any atom is -0.307 e. The van der Waals surface area contributed by atoms with Crippen LogP contribution >= 0.6 is 0 Å². The number of aryl methyl sites for hydroxylation is 1. The molecule has 1 aromatic heterocycles. The van der Waals surface area contributed by atoms with E-state index >= 15 is 0 Å². The fourth-order valence-corrected chi connectivity index (χ4v) is 1.59. The first-order valence-corrected chi connectivity index (χ1v) is 4.87. The molecule has 0 radical (unpaired) electrons. The van der Waals surface area contributed by atoms with E-state index in [9.17, 15) is 9.59 Å². The number of hydrogen-bond acceptors (Lipinski definition) is 3. The van der Waals surface area contributed by atoms with E-state index in [1.807, 2.05) is 6.92 Å². The van der Waals surface area contributed by atoms with Gasteiger partial charge in [-0.25, -0.2) is 4.79 Å². The van der Waals surface area contributed by atoms with Crippen LogP contribution < -0.4 is 11.2 Å². The molecule has 1 heterocycles. The topological polar surface area (TPSA) is 78.1 Å². The van der Waals surface area contributed by atoms with Crippen LogP contribution in [0.2, 0.25) is 0 Å². The summed E-state index contributed by atoms with van der Waals surface area (Å²) in [4.78, 5) is 31.5. The second-order valence-corrected chi connectivity index (χ2v) is 3.48. The Labute approximate surface area is 90.9 Å². The van der Waals surface area contributed by atoms with Gasteiger partial charge in [0.1, 0.15) is 0 Å². The summed E-state index contributed by atoms with van der Waals surface area (Å²) >= 11 is 0. The molecule has 0 fully saturated rings. The third-order valence-corrected chi connectivity index (χ3v) is 2.32. The van der Waals surface area contributed by atoms with Crippen molar-refractivity contribution in [3.63, 3.8) is 0 Å². The predicted octanol–water partition coefficient (Wildman–Crippen LogP) is 1.25. The number of H-pyrrole nitrogens is 2. The zero-order valence-corrected chi connectivity index (χ0v) is 9.00. The highest BCUT2D eigenvalue weighted by atomic mass is 16.2. The van der Waals surface area contributed by atoms with Gasteiger partial charge < -0.3 is 4.98 Å². The molecule has 0 amide bonds. The highest BCUT2D eigenvalue weighted by Crippen LogP contribution is 2.21. The van der Waals surface area contributed by atoms with Crippen LogP contribution in [0.4, 0.5) is 5.69 Å². The Balaban J connectivity index is 2.90. The van der Waals surface area contributed by atoms with Gasteiger partial charge in [0.25, 0.3) is 5.56 Å². The van der Waals surface area contributed by atoms with E-state index in [0.29, 0.717) is 10.9 Å². The second-order valence-electron chi connectivity index (χ2n) is 3.48. The molecule has 16 heavy (non-hydrogen) atoms. The molecular formula is C11H11N3O2. The third-order valence-electron chi connectivity index (χ3n) is 2.32. The fourth-order valence-electron chi connectivity index (χ4n) is 1.59. The quantitative estimate of drug-likeness (QED) is 0.705. The molecule has 5 heteroatoms. The van der Waals surface area contributed by atoms with Crippen molar-refractivity contribution in [2.45, 2.75) is 13.8 Å². The van der Waals surface area contributed by atoms with Crippen molar-refractivity contribution < 1.29 is 0 Å². The Bertz CT molecular complexity index is 680. The molecule has 2 rings (SSSR count). The lowest BCUT2D eigenvalue weighted by atomic mass is 10.1. The maximum atomic E-state index is 11.5. The summed E-state index contributed by atoms with van der Waals surface area (Å²) in [6.07, 6.45) is 1.66. The molecule has 0 atom stereocenters. The van der Waals surface area contributed by atoms with Gasteiger partial charge in [0.15, 0.2) is 0 Å². The Morgan fingerprint density at radius 3 is 2.69 bits per heavy atom. The van der Waals surface area contributed by atoms with E-state index in [4.69, 9.17) is 0 Å². The van der Waals surface area contributed by atoms with Gasteiger partial charge in [-0.15, -0.1) is 0 Å². The fraction of sp³-hybridized carbons (Fsp3) is 0.182. The molecule has 0 aliphatic rings. The standard InChI is InChI=1S/C11H11N3O2/c1-3-12-8-5-7-9(4-6(8)2)13-11(16)14-10(7)15/h3-5H,1-2H3,(H2,13,14,15,16). The van der Waals surface area contributed by atoms with Crippen LogP contribution in [-0.4, -0.2) is 16.2 Å². The molecule has 0 aliphatic carbocycles. The van der Waals surface area contributed by atoms with Crippen molar-refractivity contribution in [1.29, 1.82) is 0 Å². The second kappa shape index (κ2) is 3.77. The van der Waals surface area contributed by atoms with E-state index < -0.39 is 11.2 Å². The van der Waals surface area contributed by atoms with Crippen LogP contribution in [0, 0.1) is 6.92 Å². The summed E-state index contributed by atoms with van der Waals surface area (Å²) < 4.78 is 0. The van der Waals surface area contributed by atoms with Gasteiger partial charge in [-0.1, -0.05) is 0 Å². The number of aromatic amines is 2. The molecule has 2 N–H and O–H groups in total. The number of aromatic nitrogens is 2.